The fourth-order valence-corrected chi connectivity index (χ4v) is 3.21. The molecule has 0 N–H and O–H groups in total. The Bertz CT molecular complexity index is 877. The lowest BCUT2D eigenvalue weighted by atomic mass is 10.1. The van der Waals surface area contributed by atoms with Gasteiger partial charge < -0.3 is 0 Å². The smallest absolute Gasteiger partial charge is 0.0367 e. The van der Waals surface area contributed by atoms with Crippen LogP contribution in [0.15, 0.2) is 47.6 Å². The van der Waals surface area contributed by atoms with Crippen molar-refractivity contribution in [1.82, 2.24) is 0 Å². The molecule has 0 atom stereocenters. The van der Waals surface area contributed by atoms with Gasteiger partial charge in [-0.15, -0.1) is 11.3 Å². The van der Waals surface area contributed by atoms with Gasteiger partial charge in [-0.3, -0.25) is 0 Å². The topological polar surface area (TPSA) is 48.8 Å². The molecule has 96 valence electrons. The highest BCUT2D eigenvalue weighted by Crippen LogP contribution is 2.33. The number of hydrogen-bond acceptors (Lipinski definition) is 2. The van der Waals surface area contributed by atoms with Gasteiger partial charge in [0.05, 0.1) is 0 Å². The highest BCUT2D eigenvalue weighted by molar-refractivity contribution is 7.25. The second-order valence-electron chi connectivity index (χ2n) is 4.32. The zero-order chi connectivity index (χ0) is 13.8. The van der Waals surface area contributed by atoms with E-state index >= 15 is 0 Å². The summed E-state index contributed by atoms with van der Waals surface area (Å²) in [5.41, 5.74) is 9.19. The minimum atomic E-state index is 0.424. The van der Waals surface area contributed by atoms with Gasteiger partial charge in [-0.1, -0.05) is 35.2 Å². The molecule has 1 heterocycles. The molecule has 0 amide bonds. The van der Waals surface area contributed by atoms with E-state index in [1.807, 2.05) is 6.07 Å². The van der Waals surface area contributed by atoms with Crippen LogP contribution in [0.25, 0.3) is 30.6 Å². The molecular weight excluding hydrogens is 266 g/mol. The van der Waals surface area contributed by atoms with Crippen LogP contribution < -0.4 is 0 Å². The van der Waals surface area contributed by atoms with Crippen molar-refractivity contribution >= 4 is 31.5 Å². The molecule has 0 saturated heterocycles. The number of azide groups is 1. The highest BCUT2D eigenvalue weighted by Gasteiger charge is 2.03. The van der Waals surface area contributed by atoms with Crippen LogP contribution in [0.2, 0.25) is 0 Å². The van der Waals surface area contributed by atoms with Crippen molar-refractivity contribution in [3.8, 4) is 11.8 Å². The zero-order valence-electron chi connectivity index (χ0n) is 10.7. The number of fused-ring (bicyclic) bond motifs is 3. The Morgan fingerprint density at radius 2 is 1.95 bits per heavy atom. The quantitative estimate of drug-likeness (QED) is 0.205. The van der Waals surface area contributed by atoms with Crippen LogP contribution in [0.3, 0.4) is 0 Å². The lowest BCUT2D eigenvalue weighted by molar-refractivity contribution is 1.01. The van der Waals surface area contributed by atoms with E-state index in [1.165, 1.54) is 20.2 Å². The van der Waals surface area contributed by atoms with Crippen molar-refractivity contribution in [2.45, 2.75) is 6.42 Å². The van der Waals surface area contributed by atoms with Crippen molar-refractivity contribution in [2.24, 2.45) is 5.11 Å². The van der Waals surface area contributed by atoms with E-state index in [2.05, 4.69) is 58.3 Å². The molecule has 0 aliphatic carbocycles. The van der Waals surface area contributed by atoms with E-state index in [-0.39, 0.29) is 0 Å². The predicted molar refractivity (Wildman–Crippen MR) is 84.8 cm³/mol. The Labute approximate surface area is 120 Å². The van der Waals surface area contributed by atoms with Crippen LogP contribution in [0.1, 0.15) is 12.0 Å². The number of hydrogen-bond donors (Lipinski definition) is 0. The summed E-state index contributed by atoms with van der Waals surface area (Å²) in [6.07, 6.45) is 0.590. The maximum absolute atomic E-state index is 8.19. The third kappa shape index (κ3) is 2.46. The molecule has 20 heavy (non-hydrogen) atoms. The summed E-state index contributed by atoms with van der Waals surface area (Å²) in [4.78, 5) is 2.71. The van der Waals surface area contributed by atoms with E-state index in [4.69, 9.17) is 5.53 Å². The standard InChI is InChI=1S/C16H11N3S/c17-19-18-10-4-3-5-12-8-9-16-14(11-12)13-6-1-2-7-15(13)20-16/h1-2,6-9,11H,4,10H2. The Morgan fingerprint density at radius 3 is 2.85 bits per heavy atom. The number of rotatable bonds is 2. The first-order chi connectivity index (χ1) is 9.88. The molecule has 0 aliphatic rings. The maximum Gasteiger partial charge on any atom is 0.0367 e. The van der Waals surface area contributed by atoms with Crippen molar-refractivity contribution in [3.63, 3.8) is 0 Å². The largest absolute Gasteiger partial charge is 0.135 e. The Hall–Kier alpha value is -2.47. The van der Waals surface area contributed by atoms with Crippen LogP contribution in [0.5, 0.6) is 0 Å². The monoisotopic (exact) mass is 277 g/mol. The average Bonchev–Trinajstić information content (AvgIpc) is 2.85. The Kier molecular flexibility index (Phi) is 3.56. The van der Waals surface area contributed by atoms with Crippen LogP contribution in [0, 0.1) is 11.8 Å². The minimum absolute atomic E-state index is 0.424. The van der Waals surface area contributed by atoms with Crippen LogP contribution in [-0.2, 0) is 0 Å². The molecule has 2 aromatic carbocycles. The second kappa shape index (κ2) is 5.66. The van der Waals surface area contributed by atoms with Crippen LogP contribution in [0.4, 0.5) is 0 Å². The van der Waals surface area contributed by atoms with Crippen molar-refractivity contribution in [1.29, 1.82) is 0 Å². The summed E-state index contributed by atoms with van der Waals surface area (Å²) in [5, 5.41) is 6.00. The fraction of sp³-hybridized carbons (Fsp3) is 0.125. The first kappa shape index (κ1) is 12.6. The third-order valence-electron chi connectivity index (χ3n) is 3.01. The van der Waals surface area contributed by atoms with Gasteiger partial charge in [0.2, 0.25) is 0 Å². The summed E-state index contributed by atoms with van der Waals surface area (Å²) < 4.78 is 2.58. The number of thiophene rings is 1. The van der Waals surface area contributed by atoms with Crippen LogP contribution >= 0.6 is 11.3 Å². The molecule has 0 unspecified atom stereocenters. The molecule has 0 aliphatic heterocycles. The van der Waals surface area contributed by atoms with E-state index < -0.39 is 0 Å². The Balaban J connectivity index is 1.97. The lowest BCUT2D eigenvalue weighted by Crippen LogP contribution is -1.76. The van der Waals surface area contributed by atoms with Gasteiger partial charge in [0.15, 0.2) is 0 Å². The lowest BCUT2D eigenvalue weighted by Gasteiger charge is -1.93. The van der Waals surface area contributed by atoms with Crippen molar-refractivity contribution in [2.75, 3.05) is 6.54 Å². The third-order valence-corrected chi connectivity index (χ3v) is 4.16. The summed E-state index contributed by atoms with van der Waals surface area (Å²) in [5.74, 6) is 6.15. The molecule has 3 nitrogen and oxygen atoms in total. The molecule has 0 spiro atoms. The normalized spacial score (nSPS) is 10.0. The zero-order valence-corrected chi connectivity index (χ0v) is 11.5. The number of benzene rings is 2. The average molecular weight is 277 g/mol. The van der Waals surface area contributed by atoms with Crippen LogP contribution in [-0.4, -0.2) is 6.54 Å². The molecule has 0 fully saturated rings. The maximum atomic E-state index is 8.19. The predicted octanol–water partition coefficient (Wildman–Crippen LogP) is 5.11. The van der Waals surface area contributed by atoms with Gasteiger partial charge in [-0.2, -0.15) is 0 Å². The van der Waals surface area contributed by atoms with Gasteiger partial charge in [0.1, 0.15) is 0 Å². The molecule has 0 bridgehead atoms. The van der Waals surface area contributed by atoms with Gasteiger partial charge in [-0.05, 0) is 29.8 Å². The first-order valence-corrected chi connectivity index (χ1v) is 7.11. The van der Waals surface area contributed by atoms with Gasteiger partial charge in [-0.25, -0.2) is 0 Å². The molecule has 1 aromatic heterocycles. The van der Waals surface area contributed by atoms with E-state index in [9.17, 15) is 0 Å². The first-order valence-electron chi connectivity index (χ1n) is 6.29. The summed E-state index contributed by atoms with van der Waals surface area (Å²) in [6.45, 7) is 0.424. The van der Waals surface area contributed by atoms with Gasteiger partial charge in [0, 0.05) is 43.6 Å². The highest BCUT2D eigenvalue weighted by atomic mass is 32.1. The molecule has 4 heteroatoms. The SMILES string of the molecule is [N-]=[N+]=NCCC#Cc1ccc2sc3ccccc3c2c1. The minimum Gasteiger partial charge on any atom is -0.135 e. The molecule has 3 aromatic rings. The molecule has 0 radical (unpaired) electrons. The van der Waals surface area contributed by atoms with Gasteiger partial charge >= 0.3 is 0 Å². The van der Waals surface area contributed by atoms with E-state index in [0.29, 0.717) is 13.0 Å². The Morgan fingerprint density at radius 1 is 1.10 bits per heavy atom. The number of nitrogens with zero attached hydrogens (tertiary/aromatic N) is 3. The second-order valence-corrected chi connectivity index (χ2v) is 5.40. The molecular formula is C16H11N3S. The van der Waals surface area contributed by atoms with E-state index in [0.717, 1.165) is 5.56 Å². The molecule has 0 saturated carbocycles. The molecule has 3 rings (SSSR count). The summed E-state index contributed by atoms with van der Waals surface area (Å²) in [6, 6.07) is 14.7. The summed E-state index contributed by atoms with van der Waals surface area (Å²) >= 11 is 1.80. The van der Waals surface area contributed by atoms with Gasteiger partial charge in [0.25, 0.3) is 0 Å². The van der Waals surface area contributed by atoms with Crippen molar-refractivity contribution in [3.05, 3.63) is 58.5 Å². The van der Waals surface area contributed by atoms with Crippen molar-refractivity contribution < 1.29 is 0 Å². The van der Waals surface area contributed by atoms with E-state index in [1.54, 1.807) is 11.3 Å². The summed E-state index contributed by atoms with van der Waals surface area (Å²) in [7, 11) is 0. The fourth-order valence-electron chi connectivity index (χ4n) is 2.12.